The first-order chi connectivity index (χ1) is 8.54. The van der Waals surface area contributed by atoms with Gasteiger partial charge in [0.2, 0.25) is 5.78 Å². The lowest BCUT2D eigenvalue weighted by Gasteiger charge is -2.18. The van der Waals surface area contributed by atoms with Crippen molar-refractivity contribution in [1.29, 1.82) is 5.41 Å². The number of hydrogen-bond donors (Lipinski definition) is 3. The molecule has 0 radical (unpaired) electrons. The van der Waals surface area contributed by atoms with Crippen molar-refractivity contribution < 1.29 is 9.53 Å². The molecule has 0 amide bonds. The zero-order valence-corrected chi connectivity index (χ0v) is 9.86. The van der Waals surface area contributed by atoms with E-state index in [9.17, 15) is 4.79 Å². The Hall–Kier alpha value is -2.56. The van der Waals surface area contributed by atoms with Crippen molar-refractivity contribution in [3.8, 4) is 0 Å². The summed E-state index contributed by atoms with van der Waals surface area (Å²) in [6.45, 7) is 0. The van der Waals surface area contributed by atoms with E-state index in [0.717, 1.165) is 0 Å². The number of ketones is 1. The van der Waals surface area contributed by atoms with Gasteiger partial charge >= 0.3 is 0 Å². The molecule has 18 heavy (non-hydrogen) atoms. The summed E-state index contributed by atoms with van der Waals surface area (Å²) < 4.78 is 5.00. The van der Waals surface area contributed by atoms with Crippen molar-refractivity contribution in [3.63, 3.8) is 0 Å². The van der Waals surface area contributed by atoms with Gasteiger partial charge in [-0.15, -0.1) is 0 Å². The number of carbonyl (C=O) groups excluding carboxylic acids is 1. The average Bonchev–Trinajstić information content (AvgIpc) is 2.36. The molecule has 5 nitrogen and oxygen atoms in total. The Kier molecular flexibility index (Phi) is 2.89. The standard InChI is InChI=1S/C13H13N3O2/c1-18-10-6-9(17)12(15)11(13(10)16)7-2-4-8(14)5-3-7/h2-6,16H,14-15H2,1H3. The minimum Gasteiger partial charge on any atom is -0.494 e. The molecule has 1 aromatic carbocycles. The van der Waals surface area contributed by atoms with Gasteiger partial charge in [-0.1, -0.05) is 12.1 Å². The monoisotopic (exact) mass is 243 g/mol. The molecule has 0 atom stereocenters. The van der Waals surface area contributed by atoms with Gasteiger partial charge in [0.05, 0.1) is 12.8 Å². The SMILES string of the molecule is COC1=CC(=O)C(N)=C(c2ccc(N)cc2)C1=N. The smallest absolute Gasteiger partial charge is 0.205 e. The molecular formula is C13H13N3O2. The van der Waals surface area contributed by atoms with Crippen LogP contribution in [0.25, 0.3) is 5.57 Å². The fourth-order valence-corrected chi connectivity index (χ4v) is 1.76. The van der Waals surface area contributed by atoms with E-state index in [1.165, 1.54) is 13.2 Å². The first kappa shape index (κ1) is 11.9. The molecule has 0 bridgehead atoms. The van der Waals surface area contributed by atoms with Gasteiger partial charge in [0.15, 0.2) is 0 Å². The zero-order chi connectivity index (χ0) is 13.3. The molecule has 0 aromatic heterocycles. The topological polar surface area (TPSA) is 102 Å². The fraction of sp³-hybridized carbons (Fsp3) is 0.0769. The van der Waals surface area contributed by atoms with E-state index >= 15 is 0 Å². The number of carbonyl (C=O) groups is 1. The Balaban J connectivity index is 2.54. The van der Waals surface area contributed by atoms with Gasteiger partial charge in [-0.25, -0.2) is 0 Å². The molecule has 0 heterocycles. The molecule has 1 aromatic rings. The van der Waals surface area contributed by atoms with Crippen LogP contribution in [0.2, 0.25) is 0 Å². The molecule has 1 aliphatic rings. The molecule has 92 valence electrons. The van der Waals surface area contributed by atoms with Gasteiger partial charge in [-0.3, -0.25) is 10.2 Å². The van der Waals surface area contributed by atoms with Crippen LogP contribution in [-0.4, -0.2) is 18.6 Å². The van der Waals surface area contributed by atoms with Gasteiger partial charge in [0, 0.05) is 17.3 Å². The second-order valence-electron chi connectivity index (χ2n) is 3.86. The first-order valence-electron chi connectivity index (χ1n) is 5.29. The van der Waals surface area contributed by atoms with Gasteiger partial charge in [-0.05, 0) is 17.7 Å². The van der Waals surface area contributed by atoms with E-state index in [1.54, 1.807) is 24.3 Å². The second kappa shape index (κ2) is 4.37. The van der Waals surface area contributed by atoms with Crippen LogP contribution >= 0.6 is 0 Å². The van der Waals surface area contributed by atoms with Crippen LogP contribution in [0.5, 0.6) is 0 Å². The van der Waals surface area contributed by atoms with Crippen LogP contribution in [0, 0.1) is 5.41 Å². The number of allylic oxidation sites excluding steroid dienone is 2. The highest BCUT2D eigenvalue weighted by atomic mass is 16.5. The van der Waals surface area contributed by atoms with Crippen molar-refractivity contribution in [2.75, 3.05) is 12.8 Å². The van der Waals surface area contributed by atoms with E-state index in [1.807, 2.05) is 0 Å². The number of rotatable bonds is 2. The summed E-state index contributed by atoms with van der Waals surface area (Å²) in [4.78, 5) is 11.7. The third kappa shape index (κ3) is 1.86. The Bertz CT molecular complexity index is 583. The maximum absolute atomic E-state index is 11.7. The Morgan fingerprint density at radius 1 is 1.17 bits per heavy atom. The van der Waals surface area contributed by atoms with E-state index < -0.39 is 0 Å². The number of ether oxygens (including phenoxy) is 1. The molecule has 5 N–H and O–H groups in total. The van der Waals surface area contributed by atoms with Crippen molar-refractivity contribution in [3.05, 3.63) is 47.4 Å². The number of nitrogen functional groups attached to an aromatic ring is 1. The fourth-order valence-electron chi connectivity index (χ4n) is 1.76. The maximum Gasteiger partial charge on any atom is 0.205 e. The van der Waals surface area contributed by atoms with Crippen LogP contribution in [0.15, 0.2) is 41.8 Å². The van der Waals surface area contributed by atoms with Crippen molar-refractivity contribution >= 4 is 22.8 Å². The van der Waals surface area contributed by atoms with Gasteiger partial charge in [0.25, 0.3) is 0 Å². The number of nitrogens with one attached hydrogen (secondary N) is 1. The number of anilines is 1. The van der Waals surface area contributed by atoms with Gasteiger partial charge < -0.3 is 16.2 Å². The number of benzene rings is 1. The molecule has 0 saturated carbocycles. The van der Waals surface area contributed by atoms with Crippen LogP contribution in [0.3, 0.4) is 0 Å². The van der Waals surface area contributed by atoms with Crippen LogP contribution < -0.4 is 11.5 Å². The van der Waals surface area contributed by atoms with Gasteiger partial charge in [-0.2, -0.15) is 0 Å². The lowest BCUT2D eigenvalue weighted by Crippen LogP contribution is -2.23. The maximum atomic E-state index is 11.7. The van der Waals surface area contributed by atoms with E-state index in [0.29, 0.717) is 16.8 Å². The number of hydrogen-bond acceptors (Lipinski definition) is 5. The summed E-state index contributed by atoms with van der Waals surface area (Å²) in [5.74, 6) is -0.143. The molecule has 0 saturated heterocycles. The predicted octanol–water partition coefficient (Wildman–Crippen LogP) is 1.07. The minimum absolute atomic E-state index is 0.0468. The molecular weight excluding hydrogens is 230 g/mol. The van der Waals surface area contributed by atoms with Crippen LogP contribution in [0.1, 0.15) is 5.56 Å². The summed E-state index contributed by atoms with van der Waals surface area (Å²) >= 11 is 0. The van der Waals surface area contributed by atoms with Crippen molar-refractivity contribution in [2.45, 2.75) is 0 Å². The van der Waals surface area contributed by atoms with Gasteiger partial charge in [0.1, 0.15) is 11.5 Å². The third-order valence-corrected chi connectivity index (χ3v) is 2.71. The highest BCUT2D eigenvalue weighted by Crippen LogP contribution is 2.26. The van der Waals surface area contributed by atoms with E-state index in [2.05, 4.69) is 0 Å². The Morgan fingerprint density at radius 2 is 1.78 bits per heavy atom. The van der Waals surface area contributed by atoms with Crippen LogP contribution in [-0.2, 0) is 9.53 Å². The summed E-state index contributed by atoms with van der Waals surface area (Å²) in [5, 5.41) is 8.00. The second-order valence-corrected chi connectivity index (χ2v) is 3.86. The minimum atomic E-state index is -0.352. The number of nitrogens with two attached hydrogens (primary N) is 2. The molecule has 2 rings (SSSR count). The largest absolute Gasteiger partial charge is 0.494 e. The molecule has 0 fully saturated rings. The number of methoxy groups -OCH3 is 1. The predicted molar refractivity (Wildman–Crippen MR) is 69.8 cm³/mol. The quantitative estimate of drug-likeness (QED) is 0.534. The Labute approximate surface area is 104 Å². The van der Waals surface area contributed by atoms with E-state index in [-0.39, 0.29) is 23.0 Å². The van der Waals surface area contributed by atoms with E-state index in [4.69, 9.17) is 21.6 Å². The van der Waals surface area contributed by atoms with Crippen LogP contribution in [0.4, 0.5) is 5.69 Å². The normalized spacial score (nSPS) is 15.7. The molecule has 5 heteroatoms. The summed E-state index contributed by atoms with van der Waals surface area (Å²) in [7, 11) is 1.41. The zero-order valence-electron chi connectivity index (χ0n) is 9.86. The average molecular weight is 243 g/mol. The lowest BCUT2D eigenvalue weighted by molar-refractivity contribution is -0.111. The highest BCUT2D eigenvalue weighted by Gasteiger charge is 2.25. The van der Waals surface area contributed by atoms with Crippen molar-refractivity contribution in [1.82, 2.24) is 0 Å². The summed E-state index contributed by atoms with van der Waals surface area (Å²) in [6.07, 6.45) is 1.22. The first-order valence-corrected chi connectivity index (χ1v) is 5.29. The molecule has 0 unspecified atom stereocenters. The highest BCUT2D eigenvalue weighted by molar-refractivity contribution is 6.38. The molecule has 0 spiro atoms. The van der Waals surface area contributed by atoms with Crippen molar-refractivity contribution in [2.24, 2.45) is 5.73 Å². The third-order valence-electron chi connectivity index (χ3n) is 2.71. The molecule has 0 aliphatic heterocycles. The Morgan fingerprint density at radius 3 is 2.33 bits per heavy atom. The summed E-state index contributed by atoms with van der Waals surface area (Å²) in [6, 6.07) is 6.83. The molecule has 1 aliphatic carbocycles. The summed E-state index contributed by atoms with van der Waals surface area (Å²) in [5.41, 5.74) is 13.2. The lowest BCUT2D eigenvalue weighted by atomic mass is 9.92.